The monoisotopic (exact) mass is 362 g/mol. The molecule has 1 aliphatic heterocycles. The molecule has 0 spiro atoms. The summed E-state index contributed by atoms with van der Waals surface area (Å²) in [6.45, 7) is 3.37. The highest BCUT2D eigenvalue weighted by Crippen LogP contribution is 2.20. The van der Waals surface area contributed by atoms with Crippen LogP contribution in [0, 0.1) is 10.1 Å². The molecule has 0 aliphatic carbocycles. The van der Waals surface area contributed by atoms with E-state index in [0.29, 0.717) is 29.5 Å². The highest BCUT2D eigenvalue weighted by molar-refractivity contribution is 7.09. The van der Waals surface area contributed by atoms with E-state index < -0.39 is 4.92 Å². The lowest BCUT2D eigenvalue weighted by Gasteiger charge is -2.31. The lowest BCUT2D eigenvalue weighted by atomic mass is 10.3. The minimum absolute atomic E-state index is 0.0154. The second-order valence-corrected chi connectivity index (χ2v) is 6.70. The van der Waals surface area contributed by atoms with Gasteiger partial charge in [-0.05, 0) is 19.2 Å². The minimum atomic E-state index is -0.457. The van der Waals surface area contributed by atoms with Gasteiger partial charge in [0, 0.05) is 43.7 Å². The van der Waals surface area contributed by atoms with Crippen molar-refractivity contribution in [1.29, 1.82) is 0 Å². The number of hydrogen-bond acceptors (Lipinski definition) is 7. The number of aromatic nitrogens is 1. The van der Waals surface area contributed by atoms with Crippen LogP contribution in [0.15, 0.2) is 29.6 Å². The topological polar surface area (TPSA) is 88.8 Å². The zero-order valence-electron chi connectivity index (χ0n) is 13.8. The van der Waals surface area contributed by atoms with E-state index in [9.17, 15) is 14.9 Å². The highest BCUT2D eigenvalue weighted by atomic mass is 32.1. The minimum Gasteiger partial charge on any atom is -0.486 e. The summed E-state index contributed by atoms with van der Waals surface area (Å²) in [6, 6.07) is 5.86. The number of likely N-dealkylation sites (N-methyl/N-ethyl adjacent to an activating group) is 1. The lowest BCUT2D eigenvalue weighted by molar-refractivity contribution is -0.384. The van der Waals surface area contributed by atoms with Crippen LogP contribution in [0.1, 0.15) is 15.5 Å². The maximum Gasteiger partial charge on any atom is 0.273 e. The standard InChI is InChI=1S/C16H18N4O4S/c1-18-6-8-19(9-7-18)16(21)14-11-25-15(17-14)10-24-13-4-2-12(3-5-13)20(22)23/h2-5,11H,6-10H2,1H3. The molecule has 3 rings (SSSR count). The van der Waals surface area contributed by atoms with E-state index in [1.807, 2.05) is 11.9 Å². The van der Waals surface area contributed by atoms with Crippen molar-refractivity contribution >= 4 is 22.9 Å². The molecule has 1 aromatic heterocycles. The van der Waals surface area contributed by atoms with E-state index in [1.54, 1.807) is 17.5 Å². The fraction of sp³-hybridized carbons (Fsp3) is 0.375. The summed E-state index contributed by atoms with van der Waals surface area (Å²) in [5.41, 5.74) is 0.457. The van der Waals surface area contributed by atoms with Crippen molar-refractivity contribution in [3.05, 3.63) is 50.5 Å². The number of piperazine rings is 1. The smallest absolute Gasteiger partial charge is 0.273 e. The van der Waals surface area contributed by atoms with Gasteiger partial charge in [0.25, 0.3) is 11.6 Å². The number of hydrogen-bond donors (Lipinski definition) is 0. The maximum atomic E-state index is 12.4. The Kier molecular flexibility index (Phi) is 5.25. The predicted molar refractivity (Wildman–Crippen MR) is 92.9 cm³/mol. The molecule has 1 saturated heterocycles. The Balaban J connectivity index is 1.56. The van der Waals surface area contributed by atoms with Crippen LogP contribution in [0.25, 0.3) is 0 Å². The number of non-ortho nitro benzene ring substituents is 1. The van der Waals surface area contributed by atoms with E-state index >= 15 is 0 Å². The van der Waals surface area contributed by atoms with Crippen LogP contribution < -0.4 is 4.74 Å². The number of nitrogens with zero attached hydrogens (tertiary/aromatic N) is 4. The average Bonchev–Trinajstić information content (AvgIpc) is 3.09. The van der Waals surface area contributed by atoms with Gasteiger partial charge < -0.3 is 14.5 Å². The first-order valence-electron chi connectivity index (χ1n) is 7.82. The third-order valence-corrected chi connectivity index (χ3v) is 4.79. The molecule has 1 aliphatic rings. The van der Waals surface area contributed by atoms with Gasteiger partial charge in [-0.2, -0.15) is 0 Å². The van der Waals surface area contributed by atoms with Crippen LogP contribution in [0.5, 0.6) is 5.75 Å². The third kappa shape index (κ3) is 4.31. The van der Waals surface area contributed by atoms with Crippen LogP contribution in [-0.4, -0.2) is 58.8 Å². The Hall–Kier alpha value is -2.52. The van der Waals surface area contributed by atoms with Crippen molar-refractivity contribution in [3.8, 4) is 5.75 Å². The number of carbonyl (C=O) groups is 1. The fourth-order valence-corrected chi connectivity index (χ4v) is 3.14. The predicted octanol–water partition coefficient (Wildman–Crippen LogP) is 2.02. The van der Waals surface area contributed by atoms with Gasteiger partial charge in [0.1, 0.15) is 23.1 Å². The number of ether oxygens (including phenoxy) is 1. The number of carbonyl (C=O) groups excluding carboxylic acids is 1. The van der Waals surface area contributed by atoms with E-state index in [-0.39, 0.29) is 18.2 Å². The molecule has 1 aromatic carbocycles. The second-order valence-electron chi connectivity index (χ2n) is 5.76. The van der Waals surface area contributed by atoms with Crippen LogP contribution in [0.3, 0.4) is 0 Å². The van der Waals surface area contributed by atoms with Crippen molar-refractivity contribution in [1.82, 2.24) is 14.8 Å². The fourth-order valence-electron chi connectivity index (χ4n) is 2.46. The summed E-state index contributed by atoms with van der Waals surface area (Å²) in [6.07, 6.45) is 0. The molecule has 0 saturated carbocycles. The van der Waals surface area contributed by atoms with Gasteiger partial charge >= 0.3 is 0 Å². The first-order valence-corrected chi connectivity index (χ1v) is 8.70. The molecule has 2 heterocycles. The quantitative estimate of drug-likeness (QED) is 0.597. The normalized spacial score (nSPS) is 15.2. The Labute approximate surface area is 148 Å². The first-order chi connectivity index (χ1) is 12.0. The number of nitro benzene ring substituents is 1. The molecule has 25 heavy (non-hydrogen) atoms. The van der Waals surface area contributed by atoms with Gasteiger partial charge in [-0.15, -0.1) is 11.3 Å². The van der Waals surface area contributed by atoms with Crippen molar-refractivity contribution in [2.75, 3.05) is 33.2 Å². The summed E-state index contributed by atoms with van der Waals surface area (Å²) in [4.78, 5) is 31.0. The molecule has 132 valence electrons. The van der Waals surface area contributed by atoms with Crippen LogP contribution in [-0.2, 0) is 6.61 Å². The summed E-state index contributed by atoms with van der Waals surface area (Å²) < 4.78 is 5.57. The largest absolute Gasteiger partial charge is 0.486 e. The van der Waals surface area contributed by atoms with E-state index in [2.05, 4.69) is 9.88 Å². The van der Waals surface area contributed by atoms with Crippen LogP contribution >= 0.6 is 11.3 Å². The Bertz CT molecular complexity index is 754. The van der Waals surface area contributed by atoms with Crippen molar-refractivity contribution in [2.45, 2.75) is 6.61 Å². The van der Waals surface area contributed by atoms with Crippen LogP contribution in [0.4, 0.5) is 5.69 Å². The molecule has 0 radical (unpaired) electrons. The second kappa shape index (κ2) is 7.58. The molecule has 1 fully saturated rings. The molecule has 9 heteroatoms. The Morgan fingerprint density at radius 1 is 1.28 bits per heavy atom. The van der Waals surface area contributed by atoms with Gasteiger partial charge in [0.05, 0.1) is 4.92 Å². The molecule has 2 aromatic rings. The molecule has 8 nitrogen and oxygen atoms in total. The third-order valence-electron chi connectivity index (χ3n) is 3.97. The van der Waals surface area contributed by atoms with Crippen LogP contribution in [0.2, 0.25) is 0 Å². The number of rotatable bonds is 5. The number of amides is 1. The summed E-state index contributed by atoms with van der Waals surface area (Å²) >= 11 is 1.37. The van der Waals surface area contributed by atoms with Gasteiger partial charge in [-0.3, -0.25) is 14.9 Å². The molecular formula is C16H18N4O4S. The van der Waals surface area contributed by atoms with E-state index in [0.717, 1.165) is 13.1 Å². The Morgan fingerprint density at radius 3 is 2.60 bits per heavy atom. The number of nitro groups is 1. The number of benzene rings is 1. The average molecular weight is 362 g/mol. The zero-order chi connectivity index (χ0) is 17.8. The highest BCUT2D eigenvalue weighted by Gasteiger charge is 2.22. The zero-order valence-corrected chi connectivity index (χ0v) is 14.6. The van der Waals surface area contributed by atoms with Crippen molar-refractivity contribution in [3.63, 3.8) is 0 Å². The molecular weight excluding hydrogens is 344 g/mol. The maximum absolute atomic E-state index is 12.4. The van der Waals surface area contributed by atoms with Crippen molar-refractivity contribution in [2.24, 2.45) is 0 Å². The summed E-state index contributed by atoms with van der Waals surface area (Å²) in [5, 5.41) is 13.1. The summed E-state index contributed by atoms with van der Waals surface area (Å²) in [7, 11) is 2.04. The van der Waals surface area contributed by atoms with E-state index in [1.165, 1.54) is 23.5 Å². The summed E-state index contributed by atoms with van der Waals surface area (Å²) in [5.74, 6) is 0.471. The van der Waals surface area contributed by atoms with Gasteiger partial charge in [-0.1, -0.05) is 0 Å². The lowest BCUT2D eigenvalue weighted by Crippen LogP contribution is -2.47. The SMILES string of the molecule is CN1CCN(C(=O)c2csc(COc3ccc([N+](=O)[O-])cc3)n2)CC1. The van der Waals surface area contributed by atoms with Gasteiger partial charge in [-0.25, -0.2) is 4.98 Å². The van der Waals surface area contributed by atoms with Gasteiger partial charge in [0.2, 0.25) is 0 Å². The molecule has 0 atom stereocenters. The van der Waals surface area contributed by atoms with E-state index in [4.69, 9.17) is 4.74 Å². The van der Waals surface area contributed by atoms with Gasteiger partial charge in [0.15, 0.2) is 0 Å². The number of thiazole rings is 1. The van der Waals surface area contributed by atoms with Crippen molar-refractivity contribution < 1.29 is 14.5 Å². The first kappa shape index (κ1) is 17.3. The molecule has 0 N–H and O–H groups in total. The molecule has 0 bridgehead atoms. The Morgan fingerprint density at radius 2 is 1.96 bits per heavy atom. The molecule has 1 amide bonds. The molecule has 0 unspecified atom stereocenters.